The number of aryl methyl sites for hydroxylation is 2. The predicted molar refractivity (Wildman–Crippen MR) is 107 cm³/mol. The Labute approximate surface area is 159 Å². The molecule has 26 heavy (non-hydrogen) atoms. The number of fused-ring (bicyclic) bond motifs is 1. The zero-order chi connectivity index (χ0) is 19.6. The highest BCUT2D eigenvalue weighted by Crippen LogP contribution is 2.31. The third kappa shape index (κ3) is 5.00. The van der Waals surface area contributed by atoms with Crippen molar-refractivity contribution in [2.24, 2.45) is 0 Å². The van der Waals surface area contributed by atoms with E-state index in [2.05, 4.69) is 17.1 Å². The van der Waals surface area contributed by atoms with Crippen molar-refractivity contribution >= 4 is 42.6 Å². The first-order valence-corrected chi connectivity index (χ1v) is 10.9. The number of likely N-dealkylation sites (N-methyl/N-ethyl adjacent to an activating group) is 2. The van der Waals surface area contributed by atoms with Gasteiger partial charge in [0, 0.05) is 20.1 Å². The second kappa shape index (κ2) is 7.99. The van der Waals surface area contributed by atoms with Crippen LogP contribution in [0.5, 0.6) is 0 Å². The van der Waals surface area contributed by atoms with E-state index in [4.69, 9.17) is 0 Å². The largest absolute Gasteiger partial charge is 0.308 e. The van der Waals surface area contributed by atoms with E-state index in [0.29, 0.717) is 18.2 Å². The number of benzene rings is 1. The molecule has 1 heterocycles. The number of rotatable bonds is 7. The standard InChI is InChI=1S/C17H26N4O3S2/c1-12-9-13(2)16-14(10-12)25-17(18-16)21(8-7-19(3)4)15(22)11-20(5)26(6,23)24/h9-10H,7-8,11H2,1-6H3. The van der Waals surface area contributed by atoms with Crippen LogP contribution in [0.2, 0.25) is 0 Å². The lowest BCUT2D eigenvalue weighted by Gasteiger charge is -2.24. The van der Waals surface area contributed by atoms with E-state index >= 15 is 0 Å². The van der Waals surface area contributed by atoms with Crippen molar-refractivity contribution in [3.8, 4) is 0 Å². The molecule has 9 heteroatoms. The number of amides is 1. The van der Waals surface area contributed by atoms with Gasteiger partial charge in [-0.15, -0.1) is 0 Å². The van der Waals surface area contributed by atoms with Gasteiger partial charge in [-0.3, -0.25) is 9.69 Å². The Morgan fingerprint density at radius 1 is 1.15 bits per heavy atom. The second-order valence-electron chi connectivity index (χ2n) is 6.79. The first kappa shape index (κ1) is 20.8. The highest BCUT2D eigenvalue weighted by atomic mass is 32.2. The van der Waals surface area contributed by atoms with Crippen LogP contribution >= 0.6 is 11.3 Å². The number of anilines is 1. The van der Waals surface area contributed by atoms with Gasteiger partial charge in [0.15, 0.2) is 5.13 Å². The zero-order valence-corrected chi connectivity index (χ0v) is 17.7. The smallest absolute Gasteiger partial charge is 0.244 e. The number of carbonyl (C=O) groups is 1. The molecule has 2 rings (SSSR count). The number of sulfonamides is 1. The normalized spacial score (nSPS) is 12.3. The highest BCUT2D eigenvalue weighted by molar-refractivity contribution is 7.88. The van der Waals surface area contributed by atoms with Crippen LogP contribution in [0.4, 0.5) is 5.13 Å². The van der Waals surface area contributed by atoms with Gasteiger partial charge in [0.1, 0.15) is 0 Å². The Kier molecular flexibility index (Phi) is 6.38. The van der Waals surface area contributed by atoms with E-state index in [1.165, 1.54) is 18.4 Å². The Morgan fingerprint density at radius 3 is 2.38 bits per heavy atom. The second-order valence-corrected chi connectivity index (χ2v) is 9.89. The molecule has 1 amide bonds. The molecule has 2 aromatic rings. The molecule has 1 aromatic carbocycles. The van der Waals surface area contributed by atoms with Crippen LogP contribution in [0.25, 0.3) is 10.2 Å². The van der Waals surface area contributed by atoms with Gasteiger partial charge in [0.05, 0.1) is 23.0 Å². The van der Waals surface area contributed by atoms with E-state index in [1.807, 2.05) is 32.8 Å². The minimum atomic E-state index is -3.42. The number of aromatic nitrogens is 1. The molecule has 1 aromatic heterocycles. The lowest BCUT2D eigenvalue weighted by Crippen LogP contribution is -2.43. The summed E-state index contributed by atoms with van der Waals surface area (Å²) in [4.78, 5) is 21.0. The van der Waals surface area contributed by atoms with Crippen LogP contribution in [-0.2, 0) is 14.8 Å². The molecular weight excluding hydrogens is 372 g/mol. The SMILES string of the molecule is Cc1cc(C)c2nc(N(CCN(C)C)C(=O)CN(C)S(C)(=O)=O)sc2c1. The summed E-state index contributed by atoms with van der Waals surface area (Å²) in [6.45, 7) is 4.92. The number of hydrogen-bond acceptors (Lipinski definition) is 6. The summed E-state index contributed by atoms with van der Waals surface area (Å²) in [7, 11) is 1.84. The van der Waals surface area contributed by atoms with Crippen molar-refractivity contribution in [1.29, 1.82) is 0 Å². The van der Waals surface area contributed by atoms with Crippen LogP contribution in [0.1, 0.15) is 11.1 Å². The third-order valence-corrected chi connectivity index (χ3v) is 6.33. The van der Waals surface area contributed by atoms with Gasteiger partial charge < -0.3 is 4.90 Å². The predicted octanol–water partition coefficient (Wildman–Crippen LogP) is 1.70. The van der Waals surface area contributed by atoms with Crippen LogP contribution in [0.3, 0.4) is 0 Å². The molecule has 0 fully saturated rings. The van der Waals surface area contributed by atoms with Crippen molar-refractivity contribution in [2.45, 2.75) is 13.8 Å². The summed E-state index contributed by atoms with van der Waals surface area (Å²) < 4.78 is 25.4. The summed E-state index contributed by atoms with van der Waals surface area (Å²) in [5.74, 6) is -0.284. The van der Waals surface area contributed by atoms with Gasteiger partial charge in [-0.05, 0) is 45.1 Å². The maximum Gasteiger partial charge on any atom is 0.244 e. The van der Waals surface area contributed by atoms with Crippen LogP contribution < -0.4 is 4.90 Å². The molecule has 0 saturated heterocycles. The number of nitrogens with zero attached hydrogens (tertiary/aromatic N) is 4. The molecule has 0 aliphatic rings. The fraction of sp³-hybridized carbons (Fsp3) is 0.529. The molecule has 0 bridgehead atoms. The fourth-order valence-corrected chi connectivity index (χ4v) is 4.02. The number of hydrogen-bond donors (Lipinski definition) is 0. The van der Waals surface area contributed by atoms with E-state index in [9.17, 15) is 13.2 Å². The molecule has 0 atom stereocenters. The Morgan fingerprint density at radius 2 is 1.81 bits per heavy atom. The van der Waals surface area contributed by atoms with E-state index in [-0.39, 0.29) is 12.5 Å². The van der Waals surface area contributed by atoms with Gasteiger partial charge in [-0.1, -0.05) is 17.4 Å². The van der Waals surface area contributed by atoms with Crippen LogP contribution in [0.15, 0.2) is 12.1 Å². The summed E-state index contributed by atoms with van der Waals surface area (Å²) in [5, 5.41) is 0.599. The van der Waals surface area contributed by atoms with Crippen molar-refractivity contribution < 1.29 is 13.2 Å². The molecule has 0 spiro atoms. The summed E-state index contributed by atoms with van der Waals surface area (Å²) >= 11 is 1.46. The monoisotopic (exact) mass is 398 g/mol. The van der Waals surface area contributed by atoms with Gasteiger partial charge in [-0.2, -0.15) is 4.31 Å². The van der Waals surface area contributed by atoms with Crippen LogP contribution in [0, 0.1) is 13.8 Å². The van der Waals surface area contributed by atoms with Crippen molar-refractivity contribution in [3.05, 3.63) is 23.3 Å². The molecule has 7 nitrogen and oxygen atoms in total. The molecule has 0 saturated carbocycles. The number of carbonyl (C=O) groups excluding carboxylic acids is 1. The lowest BCUT2D eigenvalue weighted by atomic mass is 10.1. The fourth-order valence-electron chi connectivity index (χ4n) is 2.49. The highest BCUT2D eigenvalue weighted by Gasteiger charge is 2.24. The van der Waals surface area contributed by atoms with E-state index < -0.39 is 10.0 Å². The number of thiazole rings is 1. The summed E-state index contributed by atoms with van der Waals surface area (Å²) in [5.41, 5.74) is 3.10. The van der Waals surface area contributed by atoms with Crippen molar-refractivity contribution in [3.63, 3.8) is 0 Å². The van der Waals surface area contributed by atoms with Gasteiger partial charge in [0.2, 0.25) is 15.9 Å². The average molecular weight is 399 g/mol. The molecule has 0 aliphatic carbocycles. The minimum Gasteiger partial charge on any atom is -0.308 e. The Bertz CT molecular complexity index is 906. The molecule has 144 valence electrons. The average Bonchev–Trinajstić information content (AvgIpc) is 2.89. The van der Waals surface area contributed by atoms with Crippen LogP contribution in [-0.4, -0.2) is 75.5 Å². The first-order chi connectivity index (χ1) is 12.0. The van der Waals surface area contributed by atoms with Crippen molar-refractivity contribution in [2.75, 3.05) is 51.9 Å². The molecule has 0 aliphatic heterocycles. The molecule has 0 N–H and O–H groups in total. The first-order valence-electron chi connectivity index (χ1n) is 8.23. The van der Waals surface area contributed by atoms with E-state index in [1.54, 1.807) is 4.90 Å². The van der Waals surface area contributed by atoms with Gasteiger partial charge in [-0.25, -0.2) is 13.4 Å². The molecule has 0 radical (unpaired) electrons. The topological polar surface area (TPSA) is 73.8 Å². The van der Waals surface area contributed by atoms with Gasteiger partial charge in [0.25, 0.3) is 0 Å². The zero-order valence-electron chi connectivity index (χ0n) is 16.1. The Hall–Kier alpha value is -1.55. The lowest BCUT2D eigenvalue weighted by molar-refractivity contribution is -0.118. The summed E-state index contributed by atoms with van der Waals surface area (Å²) in [6, 6.07) is 4.12. The molecular formula is C17H26N4O3S2. The van der Waals surface area contributed by atoms with Gasteiger partial charge >= 0.3 is 0 Å². The molecule has 0 unspecified atom stereocenters. The maximum absolute atomic E-state index is 12.8. The maximum atomic E-state index is 12.8. The minimum absolute atomic E-state index is 0.208. The Balaban J connectivity index is 2.38. The van der Waals surface area contributed by atoms with E-state index in [0.717, 1.165) is 31.9 Å². The summed E-state index contributed by atoms with van der Waals surface area (Å²) in [6.07, 6.45) is 1.09. The third-order valence-electron chi connectivity index (χ3n) is 4.05. The quantitative estimate of drug-likeness (QED) is 0.710. The van der Waals surface area contributed by atoms with Crippen molar-refractivity contribution in [1.82, 2.24) is 14.2 Å².